The van der Waals surface area contributed by atoms with Crippen molar-refractivity contribution in [2.75, 3.05) is 30.9 Å². The van der Waals surface area contributed by atoms with Gasteiger partial charge in [0.15, 0.2) is 0 Å². The van der Waals surface area contributed by atoms with Crippen LogP contribution in [-0.4, -0.2) is 74.7 Å². The number of nitrogens with one attached hydrogen (secondary N) is 2. The molecule has 3 saturated heterocycles. The van der Waals surface area contributed by atoms with E-state index in [0.717, 1.165) is 62.4 Å². The van der Waals surface area contributed by atoms with Crippen LogP contribution in [0.3, 0.4) is 0 Å². The standard InChI is InChI=1S/C28H34N8O3/c1-34(2)25(37)22-11-17-14-30-26(33-24(17)36(22)20-5-3-4-6-20)32-23-10-9-21(15-29-23)35-16-28(39-27(35)38)12-18-7-8-19(13-28)31-18/h9-11,14-15,18-20,31H,3-8,12-13,16H2,1-2H3,(H,29,30,32,33)/t18-,19+,28+. The van der Waals surface area contributed by atoms with Crippen molar-refractivity contribution >= 4 is 40.5 Å². The molecule has 2 N–H and O–H groups in total. The summed E-state index contributed by atoms with van der Waals surface area (Å²) >= 11 is 0. The third-order valence-corrected chi connectivity index (χ3v) is 8.73. The van der Waals surface area contributed by atoms with Gasteiger partial charge in [-0.2, -0.15) is 4.98 Å². The number of amides is 2. The van der Waals surface area contributed by atoms with Crippen molar-refractivity contribution in [3.05, 3.63) is 36.3 Å². The van der Waals surface area contributed by atoms with E-state index >= 15 is 0 Å². The summed E-state index contributed by atoms with van der Waals surface area (Å²) in [5, 5.41) is 7.66. The molecule has 11 heteroatoms. The monoisotopic (exact) mass is 530 g/mol. The van der Waals surface area contributed by atoms with Crippen molar-refractivity contribution in [2.24, 2.45) is 0 Å². The minimum atomic E-state index is -0.407. The van der Waals surface area contributed by atoms with Gasteiger partial charge in [-0.15, -0.1) is 0 Å². The number of carbonyl (C=O) groups is 2. The second-order valence-corrected chi connectivity index (χ2v) is 11.7. The molecule has 3 aromatic heterocycles. The molecule has 4 fully saturated rings. The van der Waals surface area contributed by atoms with E-state index in [1.54, 1.807) is 36.3 Å². The highest BCUT2D eigenvalue weighted by Crippen LogP contribution is 2.42. The maximum Gasteiger partial charge on any atom is 0.415 e. The summed E-state index contributed by atoms with van der Waals surface area (Å²) in [5.41, 5.74) is 1.71. The van der Waals surface area contributed by atoms with Crippen LogP contribution in [-0.2, 0) is 4.74 Å². The number of ether oxygens (including phenoxy) is 1. The Bertz CT molecular complexity index is 1420. The number of aromatic nitrogens is 4. The first-order valence-corrected chi connectivity index (χ1v) is 14.0. The van der Waals surface area contributed by atoms with Gasteiger partial charge < -0.3 is 24.8 Å². The third kappa shape index (κ3) is 4.28. The second-order valence-electron chi connectivity index (χ2n) is 11.7. The summed E-state index contributed by atoms with van der Waals surface area (Å²) in [6, 6.07) is 6.71. The van der Waals surface area contributed by atoms with Gasteiger partial charge in [0.05, 0.1) is 18.4 Å². The predicted octanol–water partition coefficient (Wildman–Crippen LogP) is 4.00. The number of nitrogens with zero attached hydrogens (tertiary/aromatic N) is 6. The fourth-order valence-electron chi connectivity index (χ4n) is 6.97. The second kappa shape index (κ2) is 9.18. The Morgan fingerprint density at radius 1 is 1.10 bits per heavy atom. The lowest BCUT2D eigenvalue weighted by molar-refractivity contribution is 0.0161. The number of hydrogen-bond acceptors (Lipinski definition) is 8. The Morgan fingerprint density at radius 2 is 1.87 bits per heavy atom. The highest BCUT2D eigenvalue weighted by molar-refractivity contribution is 5.98. The molecule has 6 heterocycles. The maximum atomic E-state index is 13.0. The molecule has 4 aliphatic rings. The Hall–Kier alpha value is -3.73. The molecule has 2 amide bonds. The Labute approximate surface area is 226 Å². The molecule has 39 heavy (non-hydrogen) atoms. The predicted molar refractivity (Wildman–Crippen MR) is 146 cm³/mol. The first-order chi connectivity index (χ1) is 18.9. The van der Waals surface area contributed by atoms with Crippen LogP contribution in [0, 0.1) is 0 Å². The number of pyridine rings is 1. The van der Waals surface area contributed by atoms with Gasteiger partial charge in [0.25, 0.3) is 5.91 Å². The van der Waals surface area contributed by atoms with Crippen LogP contribution in [0.15, 0.2) is 30.6 Å². The van der Waals surface area contributed by atoms with Crippen molar-refractivity contribution in [3.8, 4) is 0 Å². The third-order valence-electron chi connectivity index (χ3n) is 8.73. The molecule has 204 valence electrons. The summed E-state index contributed by atoms with van der Waals surface area (Å²) in [4.78, 5) is 42.9. The minimum absolute atomic E-state index is 0.0361. The van der Waals surface area contributed by atoms with Crippen molar-refractivity contribution in [3.63, 3.8) is 0 Å². The van der Waals surface area contributed by atoms with Gasteiger partial charge in [-0.3, -0.25) is 9.69 Å². The summed E-state index contributed by atoms with van der Waals surface area (Å²) in [6.45, 7) is 0.556. The number of anilines is 3. The molecule has 0 radical (unpaired) electrons. The lowest BCUT2D eigenvalue weighted by Gasteiger charge is -2.36. The highest BCUT2D eigenvalue weighted by Gasteiger charge is 2.52. The maximum absolute atomic E-state index is 13.0. The van der Waals surface area contributed by atoms with Crippen LogP contribution in [0.25, 0.3) is 11.0 Å². The van der Waals surface area contributed by atoms with Crippen molar-refractivity contribution in [1.82, 2.24) is 29.7 Å². The Balaban J connectivity index is 1.11. The number of hydrogen-bond donors (Lipinski definition) is 2. The van der Waals surface area contributed by atoms with E-state index < -0.39 is 5.60 Å². The molecule has 1 spiro atoms. The smallest absolute Gasteiger partial charge is 0.415 e. The molecule has 1 aliphatic carbocycles. The van der Waals surface area contributed by atoms with Crippen LogP contribution in [0.2, 0.25) is 0 Å². The van der Waals surface area contributed by atoms with Gasteiger partial charge in [0.1, 0.15) is 22.8 Å². The van der Waals surface area contributed by atoms with Gasteiger partial charge in [-0.1, -0.05) is 12.8 Å². The average Bonchev–Trinajstić information content (AvgIpc) is 3.70. The van der Waals surface area contributed by atoms with E-state index in [1.165, 1.54) is 0 Å². The number of fused-ring (bicyclic) bond motifs is 3. The number of carbonyl (C=O) groups excluding carboxylic acids is 2. The highest BCUT2D eigenvalue weighted by atomic mass is 16.6. The zero-order valence-electron chi connectivity index (χ0n) is 22.4. The Morgan fingerprint density at radius 3 is 2.56 bits per heavy atom. The fourth-order valence-corrected chi connectivity index (χ4v) is 6.97. The van der Waals surface area contributed by atoms with Crippen LogP contribution in [0.5, 0.6) is 0 Å². The molecule has 0 aromatic carbocycles. The van der Waals surface area contributed by atoms with Crippen LogP contribution < -0.4 is 15.5 Å². The Kier molecular flexibility index (Phi) is 5.73. The van der Waals surface area contributed by atoms with Crippen molar-refractivity contribution in [1.29, 1.82) is 0 Å². The SMILES string of the molecule is CN(C)C(=O)c1cc2cnc(Nc3ccc(N4C[C@@]5(C[C@H]6CC[C@@H](C5)N6)OC4=O)cn3)nc2n1C1CCCC1. The summed E-state index contributed by atoms with van der Waals surface area (Å²) in [5.74, 6) is 0.948. The van der Waals surface area contributed by atoms with Crippen molar-refractivity contribution < 1.29 is 14.3 Å². The van der Waals surface area contributed by atoms with Gasteiger partial charge in [-0.25, -0.2) is 14.8 Å². The van der Waals surface area contributed by atoms with E-state index in [1.807, 2.05) is 18.2 Å². The molecule has 3 atom stereocenters. The number of piperidine rings is 1. The van der Waals surface area contributed by atoms with Crippen LogP contribution in [0.1, 0.15) is 67.9 Å². The van der Waals surface area contributed by atoms with E-state index in [0.29, 0.717) is 41.8 Å². The van der Waals surface area contributed by atoms with Crippen molar-refractivity contribution in [2.45, 2.75) is 75.1 Å². The normalized spacial score (nSPS) is 26.5. The van der Waals surface area contributed by atoms with Gasteiger partial charge in [0.2, 0.25) is 5.95 Å². The molecule has 3 aliphatic heterocycles. The van der Waals surface area contributed by atoms with E-state index in [-0.39, 0.29) is 18.0 Å². The zero-order chi connectivity index (χ0) is 26.7. The number of rotatable bonds is 5. The van der Waals surface area contributed by atoms with Crippen LogP contribution in [0.4, 0.5) is 22.2 Å². The molecule has 11 nitrogen and oxygen atoms in total. The molecule has 3 aromatic rings. The lowest BCUT2D eigenvalue weighted by atomic mass is 9.87. The van der Waals surface area contributed by atoms with Crippen LogP contribution >= 0.6 is 0 Å². The molecule has 7 rings (SSSR count). The van der Waals surface area contributed by atoms with E-state index in [9.17, 15) is 9.59 Å². The quantitative estimate of drug-likeness (QED) is 0.508. The first-order valence-electron chi connectivity index (χ1n) is 14.0. The molecular formula is C28H34N8O3. The topological polar surface area (TPSA) is 118 Å². The average molecular weight is 531 g/mol. The molecule has 2 bridgehead atoms. The fraction of sp³-hybridized carbons (Fsp3) is 0.536. The summed E-state index contributed by atoms with van der Waals surface area (Å²) in [7, 11) is 3.54. The largest absolute Gasteiger partial charge is 0.441 e. The molecular weight excluding hydrogens is 496 g/mol. The summed E-state index contributed by atoms with van der Waals surface area (Å²) < 4.78 is 8.04. The van der Waals surface area contributed by atoms with E-state index in [2.05, 4.69) is 25.2 Å². The molecule has 1 saturated carbocycles. The minimum Gasteiger partial charge on any atom is -0.441 e. The summed E-state index contributed by atoms with van der Waals surface area (Å²) in [6.07, 6.45) is 11.5. The first kappa shape index (κ1) is 24.3. The lowest BCUT2D eigenvalue weighted by Crippen LogP contribution is -2.50. The van der Waals surface area contributed by atoms with Gasteiger partial charge >= 0.3 is 6.09 Å². The van der Waals surface area contributed by atoms with E-state index in [4.69, 9.17) is 9.72 Å². The van der Waals surface area contributed by atoms with Gasteiger partial charge in [0, 0.05) is 56.6 Å². The van der Waals surface area contributed by atoms with Gasteiger partial charge in [-0.05, 0) is 43.9 Å². The molecule has 0 unspecified atom stereocenters. The zero-order valence-corrected chi connectivity index (χ0v) is 22.4.